The Kier molecular flexibility index (Phi) is 10.0. The highest BCUT2D eigenvalue weighted by Crippen LogP contribution is 2.13. The number of nitrogens with one attached hydrogen (secondary N) is 1. The first-order chi connectivity index (χ1) is 17.0. The van der Waals surface area contributed by atoms with Crippen LogP contribution in [0.15, 0.2) is 30.5 Å². The van der Waals surface area contributed by atoms with E-state index in [-0.39, 0.29) is 5.56 Å². The zero-order valence-corrected chi connectivity index (χ0v) is 19.3. The quantitative estimate of drug-likeness (QED) is 0.280. The molecule has 0 fully saturated rings. The molecule has 0 aliphatic carbocycles. The summed E-state index contributed by atoms with van der Waals surface area (Å²) in [6, 6.07) is 2.77. The lowest BCUT2D eigenvalue weighted by atomic mass is 10.1. The van der Waals surface area contributed by atoms with Gasteiger partial charge in [0, 0.05) is 19.0 Å². The molecule has 194 valence electrons. The zero-order chi connectivity index (χ0) is 26.8. The lowest BCUT2D eigenvalue weighted by Gasteiger charge is -2.28. The second-order valence-corrected chi connectivity index (χ2v) is 7.85. The topological polar surface area (TPSA) is 192 Å². The van der Waals surface area contributed by atoms with Gasteiger partial charge in [-0.3, -0.25) is 23.6 Å². The van der Waals surface area contributed by atoms with Crippen LogP contribution < -0.4 is 5.32 Å². The number of carbonyl (C=O) groups excluding carboxylic acids is 2. The van der Waals surface area contributed by atoms with Crippen molar-refractivity contribution in [2.24, 2.45) is 0 Å². The van der Waals surface area contributed by atoms with Gasteiger partial charge < -0.3 is 25.5 Å². The van der Waals surface area contributed by atoms with Gasteiger partial charge in [-0.15, -0.1) is 5.10 Å². The van der Waals surface area contributed by atoms with Gasteiger partial charge in [0.15, 0.2) is 0 Å². The third kappa shape index (κ3) is 7.85. The molecule has 13 nitrogen and oxygen atoms in total. The van der Waals surface area contributed by atoms with Gasteiger partial charge in [-0.2, -0.15) is 0 Å². The average molecular weight is 507 g/mol. The number of amides is 2. The molecule has 0 radical (unpaired) electrons. The van der Waals surface area contributed by atoms with E-state index in [2.05, 4.69) is 15.6 Å². The monoisotopic (exact) mass is 507 g/mol. The molecule has 1 heterocycles. The number of hydrogen-bond acceptors (Lipinski definition) is 7. The van der Waals surface area contributed by atoms with Crippen LogP contribution in [0.4, 0.5) is 4.39 Å². The van der Waals surface area contributed by atoms with E-state index in [1.54, 1.807) is 6.20 Å². The van der Waals surface area contributed by atoms with Crippen molar-refractivity contribution in [1.82, 2.24) is 25.2 Å². The smallest absolute Gasteiger partial charge is 0.326 e. The largest absolute Gasteiger partial charge is 0.481 e. The Morgan fingerprint density at radius 1 is 1.08 bits per heavy atom. The molecule has 0 unspecified atom stereocenters. The summed E-state index contributed by atoms with van der Waals surface area (Å²) in [5.74, 6) is -5.92. The number of aliphatic carboxylic acids is 3. The Balaban J connectivity index is 2.14. The summed E-state index contributed by atoms with van der Waals surface area (Å²) < 4.78 is 13.8. The minimum absolute atomic E-state index is 0.0861. The predicted molar refractivity (Wildman–Crippen MR) is 120 cm³/mol. The second kappa shape index (κ2) is 12.9. The fraction of sp³-hybridized carbons (Fsp3) is 0.409. The number of aromatic nitrogens is 3. The fourth-order valence-electron chi connectivity index (χ4n) is 3.31. The molecule has 0 saturated heterocycles. The summed E-state index contributed by atoms with van der Waals surface area (Å²) >= 11 is 0. The second-order valence-electron chi connectivity index (χ2n) is 7.85. The number of benzene rings is 1. The molecule has 1 aromatic carbocycles. The predicted octanol–water partition coefficient (Wildman–Crippen LogP) is 0.519. The van der Waals surface area contributed by atoms with E-state index in [0.717, 1.165) is 7.05 Å². The molecule has 2 amide bonds. The van der Waals surface area contributed by atoms with Crippen LogP contribution in [-0.4, -0.2) is 90.7 Å². The molecule has 2 aromatic rings. The minimum Gasteiger partial charge on any atom is -0.481 e. The Hall–Kier alpha value is -4.36. The van der Waals surface area contributed by atoms with Crippen molar-refractivity contribution in [3.63, 3.8) is 0 Å². The van der Waals surface area contributed by atoms with Crippen molar-refractivity contribution >= 4 is 29.7 Å². The van der Waals surface area contributed by atoms with Gasteiger partial charge in [-0.25, -0.2) is 9.48 Å². The molecule has 0 aliphatic rings. The average Bonchev–Trinajstić information content (AvgIpc) is 3.30. The molecule has 2 atom stereocenters. The summed E-state index contributed by atoms with van der Waals surface area (Å²) in [5, 5.41) is 37.5. The van der Waals surface area contributed by atoms with Crippen LogP contribution in [0.1, 0.15) is 41.7 Å². The molecular weight excluding hydrogens is 481 g/mol. The van der Waals surface area contributed by atoms with Gasteiger partial charge in [0.2, 0.25) is 5.91 Å². The van der Waals surface area contributed by atoms with Crippen LogP contribution in [-0.2, 0) is 25.6 Å². The molecule has 0 spiro atoms. The number of carboxylic acids is 3. The van der Waals surface area contributed by atoms with Crippen molar-refractivity contribution in [3.05, 3.63) is 41.7 Å². The van der Waals surface area contributed by atoms with Crippen LogP contribution >= 0.6 is 0 Å². The highest BCUT2D eigenvalue weighted by Gasteiger charge is 2.33. The standard InChI is InChI=1S/C22H26FN5O8/c1-27(17(22(35)36)8-9-18(29)30)21(34)16(11-19(31)32)24-20(33)13-4-6-15(7-5-13)28-12-14(25-26-28)3-2-10-23/h4-7,12,16-17H,2-3,8-11H2,1H3,(H,24,33)(H,29,30)(H,31,32)(H,35,36)/t16-,17-/m0/s1. The number of carbonyl (C=O) groups is 5. The van der Waals surface area contributed by atoms with Crippen molar-refractivity contribution in [2.75, 3.05) is 13.7 Å². The van der Waals surface area contributed by atoms with E-state index in [1.165, 1.54) is 28.9 Å². The minimum atomic E-state index is -1.60. The third-order valence-corrected chi connectivity index (χ3v) is 5.22. The van der Waals surface area contributed by atoms with E-state index in [0.29, 0.717) is 29.1 Å². The van der Waals surface area contributed by atoms with Gasteiger partial charge in [0.25, 0.3) is 5.91 Å². The van der Waals surface area contributed by atoms with E-state index in [4.69, 9.17) is 5.11 Å². The summed E-state index contributed by atoms with van der Waals surface area (Å²) in [6.45, 7) is -0.475. The molecule has 4 N–H and O–H groups in total. The van der Waals surface area contributed by atoms with Crippen molar-refractivity contribution in [3.8, 4) is 5.69 Å². The number of rotatable bonds is 14. The maximum Gasteiger partial charge on any atom is 0.326 e. The Bertz CT molecular complexity index is 1100. The van der Waals surface area contributed by atoms with E-state index in [1.807, 2.05) is 0 Å². The summed E-state index contributed by atoms with van der Waals surface area (Å²) in [5.41, 5.74) is 1.23. The van der Waals surface area contributed by atoms with Crippen LogP contribution in [0, 0.1) is 0 Å². The number of hydrogen-bond donors (Lipinski definition) is 4. The molecule has 36 heavy (non-hydrogen) atoms. The van der Waals surface area contributed by atoms with Crippen LogP contribution in [0.5, 0.6) is 0 Å². The van der Waals surface area contributed by atoms with Gasteiger partial charge in [-0.05, 0) is 43.5 Å². The summed E-state index contributed by atoms with van der Waals surface area (Å²) in [4.78, 5) is 59.9. The van der Waals surface area contributed by atoms with Gasteiger partial charge in [0.1, 0.15) is 12.1 Å². The first-order valence-electron chi connectivity index (χ1n) is 10.8. The van der Waals surface area contributed by atoms with Crippen LogP contribution in [0.3, 0.4) is 0 Å². The number of nitrogens with zero attached hydrogens (tertiary/aromatic N) is 4. The lowest BCUT2D eigenvalue weighted by Crippen LogP contribution is -2.53. The SMILES string of the molecule is CN(C(=O)[C@H](CC(=O)O)NC(=O)c1ccc(-n2cc(CCCF)nn2)cc1)[C@@H](CCC(=O)O)C(=O)O. The molecular formula is C22H26FN5O8. The first-order valence-corrected chi connectivity index (χ1v) is 10.8. The molecule has 2 rings (SSSR count). The molecule has 14 heteroatoms. The molecule has 1 aromatic heterocycles. The highest BCUT2D eigenvalue weighted by molar-refractivity contribution is 5.99. The number of carboxylic acid groups (broad SMARTS) is 3. The number of alkyl halides is 1. The van der Waals surface area contributed by atoms with Gasteiger partial charge >= 0.3 is 17.9 Å². The number of halogens is 1. The van der Waals surface area contributed by atoms with E-state index in [9.17, 15) is 38.6 Å². The first kappa shape index (κ1) is 27.9. The number of aryl methyl sites for hydroxylation is 1. The molecule has 0 bridgehead atoms. The maximum atomic E-state index is 12.8. The Morgan fingerprint density at radius 3 is 2.31 bits per heavy atom. The summed E-state index contributed by atoms with van der Waals surface area (Å²) in [7, 11) is 1.10. The van der Waals surface area contributed by atoms with Crippen LogP contribution in [0.2, 0.25) is 0 Å². The Morgan fingerprint density at radius 2 is 1.75 bits per heavy atom. The Labute approximate surface area is 204 Å². The summed E-state index contributed by atoms with van der Waals surface area (Å²) in [6.07, 6.45) is 0.601. The van der Waals surface area contributed by atoms with Gasteiger partial charge in [0.05, 0.1) is 30.7 Å². The molecule has 0 aliphatic heterocycles. The zero-order valence-electron chi connectivity index (χ0n) is 19.3. The highest BCUT2D eigenvalue weighted by atomic mass is 19.1. The van der Waals surface area contributed by atoms with Gasteiger partial charge in [-0.1, -0.05) is 5.21 Å². The lowest BCUT2D eigenvalue weighted by molar-refractivity contribution is -0.151. The van der Waals surface area contributed by atoms with Crippen LogP contribution in [0.25, 0.3) is 5.69 Å². The fourth-order valence-corrected chi connectivity index (χ4v) is 3.31. The van der Waals surface area contributed by atoms with Crippen molar-refractivity contribution < 1.29 is 43.7 Å². The normalized spacial score (nSPS) is 12.4. The molecule has 0 saturated carbocycles. The maximum absolute atomic E-state index is 12.8. The third-order valence-electron chi connectivity index (χ3n) is 5.22. The van der Waals surface area contributed by atoms with E-state index < -0.39 is 67.7 Å². The number of likely N-dealkylation sites (N-methyl/N-ethyl adjacent to an activating group) is 1. The van der Waals surface area contributed by atoms with E-state index >= 15 is 0 Å². The van der Waals surface area contributed by atoms with Crippen molar-refractivity contribution in [1.29, 1.82) is 0 Å². The van der Waals surface area contributed by atoms with Crippen molar-refractivity contribution in [2.45, 2.75) is 44.2 Å².